The number of hydrogen-bond acceptors (Lipinski definition) is 3. The molecule has 0 bridgehead atoms. The molecule has 1 aromatic heterocycles. The number of hydrogen-bond donors (Lipinski definition) is 2. The Morgan fingerprint density at radius 3 is 2.62 bits per heavy atom. The van der Waals surface area contributed by atoms with Crippen LogP contribution in [0.3, 0.4) is 0 Å². The van der Waals surface area contributed by atoms with Gasteiger partial charge in [0.1, 0.15) is 5.56 Å². The number of carboxylic acids is 1. The van der Waals surface area contributed by atoms with Gasteiger partial charge in [0.25, 0.3) is 5.95 Å². The molecule has 4 heteroatoms. The second-order valence-corrected chi connectivity index (χ2v) is 2.21. The van der Waals surface area contributed by atoms with Crippen LogP contribution in [0.15, 0.2) is 41.0 Å². The Hall–Kier alpha value is -1.97. The highest BCUT2D eigenvalue weighted by molar-refractivity contribution is 5.89. The lowest BCUT2D eigenvalue weighted by Gasteiger charge is -1.90. The van der Waals surface area contributed by atoms with Crippen molar-refractivity contribution >= 4 is 5.97 Å². The van der Waals surface area contributed by atoms with Crippen LogP contribution >= 0.6 is 0 Å². The van der Waals surface area contributed by atoms with Crippen molar-refractivity contribution in [1.29, 1.82) is 0 Å². The van der Waals surface area contributed by atoms with E-state index in [2.05, 4.69) is 4.42 Å². The number of rotatable bonds is 1. The second kappa shape index (κ2) is 4.15. The molecule has 1 aromatic rings. The number of carbonyl (C=O) groups is 1. The third-order valence-electron chi connectivity index (χ3n) is 1.32. The molecule has 0 saturated heterocycles. The summed E-state index contributed by atoms with van der Waals surface area (Å²) in [5, 5.41) is 17.7. The first kappa shape index (κ1) is 9.12. The van der Waals surface area contributed by atoms with Crippen LogP contribution in [0.5, 0.6) is 5.95 Å². The number of carboxylic acid groups (broad SMARTS) is 1. The van der Waals surface area contributed by atoms with Gasteiger partial charge in [-0.3, -0.25) is 0 Å². The Morgan fingerprint density at radius 2 is 1.92 bits per heavy atom. The zero-order valence-corrected chi connectivity index (χ0v) is 6.68. The first-order valence-electron chi connectivity index (χ1n) is 3.55. The fourth-order valence-electron chi connectivity index (χ4n) is 0.727. The summed E-state index contributed by atoms with van der Waals surface area (Å²) in [4.78, 5) is 10.5. The molecule has 1 rings (SSSR count). The van der Waals surface area contributed by atoms with Gasteiger partial charge in [0, 0.05) is 0 Å². The van der Waals surface area contributed by atoms with Gasteiger partial charge in [0.05, 0.1) is 6.26 Å². The molecule has 2 N–H and O–H groups in total. The predicted octanol–water partition coefficient (Wildman–Crippen LogP) is 1.81. The molecule has 0 aliphatic carbocycles. The van der Waals surface area contributed by atoms with Crippen molar-refractivity contribution in [3.05, 3.63) is 42.2 Å². The summed E-state index contributed by atoms with van der Waals surface area (Å²) >= 11 is 0. The molecule has 0 amide bonds. The van der Waals surface area contributed by atoms with Crippen LogP contribution in [0, 0.1) is 0 Å². The van der Waals surface area contributed by atoms with Crippen LogP contribution in [-0.2, 0) is 0 Å². The Bertz CT molecular complexity index is 352. The average molecular weight is 180 g/mol. The van der Waals surface area contributed by atoms with Crippen LogP contribution < -0.4 is 0 Å². The van der Waals surface area contributed by atoms with E-state index in [4.69, 9.17) is 10.2 Å². The van der Waals surface area contributed by atoms with Crippen LogP contribution in [-0.4, -0.2) is 16.2 Å². The second-order valence-electron chi connectivity index (χ2n) is 2.21. The topological polar surface area (TPSA) is 70.7 Å². The van der Waals surface area contributed by atoms with E-state index < -0.39 is 11.9 Å². The SMILES string of the molecule is O=C(O)c1ccccccoc1O. The number of aromatic carboxylic acids is 1. The maximum Gasteiger partial charge on any atom is 0.342 e. The van der Waals surface area contributed by atoms with Crippen LogP contribution in [0.25, 0.3) is 0 Å². The minimum absolute atomic E-state index is 0.281. The van der Waals surface area contributed by atoms with Gasteiger partial charge in [-0.25, -0.2) is 4.79 Å². The molecule has 0 unspecified atom stereocenters. The van der Waals surface area contributed by atoms with E-state index in [0.29, 0.717) is 0 Å². The minimum Gasteiger partial charge on any atom is -0.480 e. The van der Waals surface area contributed by atoms with Crippen molar-refractivity contribution < 1.29 is 19.4 Å². The lowest BCUT2D eigenvalue weighted by Crippen LogP contribution is -1.94. The first-order valence-corrected chi connectivity index (χ1v) is 3.55. The van der Waals surface area contributed by atoms with Gasteiger partial charge in [-0.15, -0.1) is 0 Å². The van der Waals surface area contributed by atoms with E-state index in [1.54, 1.807) is 12.1 Å². The van der Waals surface area contributed by atoms with Gasteiger partial charge < -0.3 is 14.6 Å². The fraction of sp³-hybridized carbons (Fsp3) is 0. The summed E-state index contributed by atoms with van der Waals surface area (Å²) in [6.07, 6.45) is 1.20. The standard InChI is InChI=1S/C9H8O4/c10-8(11)7-5-3-1-2-4-6-13-9(7)12/h1-6,12H,(H,10,11). The average Bonchev–Trinajstić information content (AvgIpc) is 2.16. The van der Waals surface area contributed by atoms with Crippen LogP contribution in [0.1, 0.15) is 10.4 Å². The zero-order valence-electron chi connectivity index (χ0n) is 6.68. The van der Waals surface area contributed by atoms with E-state index in [0.717, 1.165) is 0 Å². The Morgan fingerprint density at radius 1 is 1.23 bits per heavy atom. The van der Waals surface area contributed by atoms with Gasteiger partial charge in [-0.2, -0.15) is 0 Å². The summed E-state index contributed by atoms with van der Waals surface area (Å²) in [5.74, 6) is -1.86. The van der Waals surface area contributed by atoms with Crippen molar-refractivity contribution in [1.82, 2.24) is 0 Å². The summed E-state index contributed by atoms with van der Waals surface area (Å²) < 4.78 is 4.61. The molecule has 1 heterocycles. The first-order chi connectivity index (χ1) is 6.22. The van der Waals surface area contributed by atoms with E-state index in [1.165, 1.54) is 24.5 Å². The van der Waals surface area contributed by atoms with E-state index in [9.17, 15) is 4.79 Å². The lowest BCUT2D eigenvalue weighted by atomic mass is 10.3. The lowest BCUT2D eigenvalue weighted by molar-refractivity contribution is 0.0689. The molecule has 0 aliphatic heterocycles. The van der Waals surface area contributed by atoms with Crippen LogP contribution in [0.4, 0.5) is 0 Å². The molecule has 0 radical (unpaired) electrons. The van der Waals surface area contributed by atoms with Crippen LogP contribution in [0.2, 0.25) is 0 Å². The van der Waals surface area contributed by atoms with E-state index in [1.807, 2.05) is 0 Å². The summed E-state index contributed by atoms with van der Waals surface area (Å²) in [7, 11) is 0. The molecule has 0 aliphatic rings. The zero-order chi connectivity index (χ0) is 9.68. The molecule has 0 atom stereocenters. The maximum absolute atomic E-state index is 10.5. The Labute approximate surface area is 74.4 Å². The molecule has 0 saturated carbocycles. The van der Waals surface area contributed by atoms with Crippen molar-refractivity contribution in [2.75, 3.05) is 0 Å². The highest BCUT2D eigenvalue weighted by Gasteiger charge is 2.07. The molecule has 13 heavy (non-hydrogen) atoms. The molecular formula is C9H8O4. The van der Waals surface area contributed by atoms with Crippen molar-refractivity contribution in [2.45, 2.75) is 0 Å². The normalized spacial score (nSPS) is 8.92. The van der Waals surface area contributed by atoms with Gasteiger partial charge in [-0.05, 0) is 12.1 Å². The molecule has 4 nitrogen and oxygen atoms in total. The molecule has 0 aromatic carbocycles. The van der Waals surface area contributed by atoms with Gasteiger partial charge in [-0.1, -0.05) is 18.2 Å². The van der Waals surface area contributed by atoms with Crippen molar-refractivity contribution in [2.24, 2.45) is 0 Å². The third kappa shape index (κ3) is 2.52. The molecular weight excluding hydrogens is 172 g/mol. The Balaban J connectivity index is 3.37. The highest BCUT2D eigenvalue weighted by atomic mass is 16.5. The largest absolute Gasteiger partial charge is 0.480 e. The predicted molar refractivity (Wildman–Crippen MR) is 45.0 cm³/mol. The van der Waals surface area contributed by atoms with Crippen molar-refractivity contribution in [3.8, 4) is 5.95 Å². The quantitative estimate of drug-likeness (QED) is 0.691. The summed E-state index contributed by atoms with van der Waals surface area (Å²) in [6, 6.07) is 7.56. The Kier molecular flexibility index (Phi) is 2.92. The van der Waals surface area contributed by atoms with Gasteiger partial charge >= 0.3 is 5.97 Å². The maximum atomic E-state index is 10.5. The molecule has 0 spiro atoms. The van der Waals surface area contributed by atoms with Gasteiger partial charge in [0.15, 0.2) is 0 Å². The number of aromatic hydroxyl groups is 1. The molecule has 0 fully saturated rings. The van der Waals surface area contributed by atoms with Gasteiger partial charge in [0.2, 0.25) is 0 Å². The van der Waals surface area contributed by atoms with Crippen molar-refractivity contribution in [3.63, 3.8) is 0 Å². The van der Waals surface area contributed by atoms with E-state index >= 15 is 0 Å². The molecule has 68 valence electrons. The fourth-order valence-corrected chi connectivity index (χ4v) is 0.727. The van der Waals surface area contributed by atoms with E-state index in [-0.39, 0.29) is 5.56 Å². The monoisotopic (exact) mass is 180 g/mol. The minimum atomic E-state index is -1.24. The highest BCUT2D eigenvalue weighted by Crippen LogP contribution is 2.12. The smallest absolute Gasteiger partial charge is 0.342 e. The summed E-state index contributed by atoms with van der Waals surface area (Å²) in [6.45, 7) is 0. The third-order valence-corrected chi connectivity index (χ3v) is 1.32. The summed E-state index contributed by atoms with van der Waals surface area (Å²) in [5.41, 5.74) is -0.281.